The van der Waals surface area contributed by atoms with Gasteiger partial charge in [-0.1, -0.05) is 12.1 Å². The highest BCUT2D eigenvalue weighted by molar-refractivity contribution is 5.97. The van der Waals surface area contributed by atoms with Crippen molar-refractivity contribution in [1.29, 1.82) is 0 Å². The van der Waals surface area contributed by atoms with Crippen molar-refractivity contribution in [3.8, 4) is 0 Å². The Hall–Kier alpha value is -1.68. The van der Waals surface area contributed by atoms with Crippen LogP contribution in [0, 0.1) is 5.92 Å². The fourth-order valence-electron chi connectivity index (χ4n) is 2.87. The van der Waals surface area contributed by atoms with E-state index in [9.17, 15) is 9.59 Å². The highest BCUT2D eigenvalue weighted by atomic mass is 16.6. The highest BCUT2D eigenvalue weighted by Gasteiger charge is 2.35. The minimum atomic E-state index is -0.475. The van der Waals surface area contributed by atoms with Gasteiger partial charge in [0.05, 0.1) is 18.7 Å². The normalized spacial score (nSPS) is 16.5. The van der Waals surface area contributed by atoms with Crippen LogP contribution >= 0.6 is 0 Å². The SMILES string of the molecule is CC(=O)c1cccc(C(=O)OC(C)(C)C2CC[NH2+]CC2)c1. The monoisotopic (exact) mass is 290 g/mol. The van der Waals surface area contributed by atoms with E-state index < -0.39 is 5.60 Å². The predicted octanol–water partition coefficient (Wildman–Crippen LogP) is 1.80. The summed E-state index contributed by atoms with van der Waals surface area (Å²) in [6.07, 6.45) is 2.13. The van der Waals surface area contributed by atoms with Gasteiger partial charge in [0, 0.05) is 24.3 Å². The second kappa shape index (κ2) is 6.39. The number of ketones is 1. The standard InChI is InChI=1S/C17H23NO3/c1-12(19)13-5-4-6-14(11-13)16(20)21-17(2,3)15-7-9-18-10-8-15/h4-6,11,15,18H,7-10H2,1-3H3/p+1. The van der Waals surface area contributed by atoms with Crippen LogP contribution in [0.25, 0.3) is 0 Å². The molecule has 1 aromatic rings. The quantitative estimate of drug-likeness (QED) is 0.679. The van der Waals surface area contributed by atoms with E-state index in [1.165, 1.54) is 6.92 Å². The van der Waals surface area contributed by atoms with Gasteiger partial charge in [0.15, 0.2) is 5.78 Å². The van der Waals surface area contributed by atoms with E-state index in [1.807, 2.05) is 13.8 Å². The van der Waals surface area contributed by atoms with E-state index in [0.29, 0.717) is 17.0 Å². The maximum absolute atomic E-state index is 12.3. The summed E-state index contributed by atoms with van der Waals surface area (Å²) in [5, 5.41) is 2.30. The van der Waals surface area contributed by atoms with Crippen LogP contribution in [0.2, 0.25) is 0 Å². The summed E-state index contributed by atoms with van der Waals surface area (Å²) in [6, 6.07) is 6.73. The van der Waals surface area contributed by atoms with Gasteiger partial charge in [0.1, 0.15) is 5.60 Å². The molecule has 0 atom stereocenters. The molecule has 0 aromatic heterocycles. The Morgan fingerprint density at radius 3 is 2.43 bits per heavy atom. The van der Waals surface area contributed by atoms with Crippen molar-refractivity contribution >= 4 is 11.8 Å². The number of benzene rings is 1. The van der Waals surface area contributed by atoms with E-state index in [2.05, 4.69) is 5.32 Å². The molecule has 0 saturated carbocycles. The molecule has 0 amide bonds. The van der Waals surface area contributed by atoms with Gasteiger partial charge < -0.3 is 10.1 Å². The van der Waals surface area contributed by atoms with Gasteiger partial charge in [0.25, 0.3) is 0 Å². The lowest BCUT2D eigenvalue weighted by molar-refractivity contribution is -0.665. The fourth-order valence-corrected chi connectivity index (χ4v) is 2.87. The Kier molecular flexibility index (Phi) is 4.78. The topological polar surface area (TPSA) is 60.0 Å². The molecule has 0 aliphatic carbocycles. The zero-order valence-electron chi connectivity index (χ0n) is 13.0. The number of quaternary nitrogens is 1. The summed E-state index contributed by atoms with van der Waals surface area (Å²) < 4.78 is 5.73. The van der Waals surface area contributed by atoms with Gasteiger partial charge in [0.2, 0.25) is 0 Å². The number of piperidine rings is 1. The van der Waals surface area contributed by atoms with E-state index >= 15 is 0 Å². The van der Waals surface area contributed by atoms with Crippen molar-refractivity contribution in [1.82, 2.24) is 0 Å². The summed E-state index contributed by atoms with van der Waals surface area (Å²) in [5.41, 5.74) is 0.505. The third-order valence-electron chi connectivity index (χ3n) is 4.28. The third kappa shape index (κ3) is 3.91. The molecule has 1 aromatic carbocycles. The van der Waals surface area contributed by atoms with E-state index in [0.717, 1.165) is 25.9 Å². The third-order valence-corrected chi connectivity index (χ3v) is 4.28. The lowest BCUT2D eigenvalue weighted by Crippen LogP contribution is -2.86. The van der Waals surface area contributed by atoms with Gasteiger partial charge in [-0.05, 0) is 32.9 Å². The first-order valence-electron chi connectivity index (χ1n) is 7.56. The van der Waals surface area contributed by atoms with Gasteiger partial charge in [-0.2, -0.15) is 0 Å². The second-order valence-corrected chi connectivity index (χ2v) is 6.27. The van der Waals surface area contributed by atoms with E-state index in [4.69, 9.17) is 4.74 Å². The molecule has 21 heavy (non-hydrogen) atoms. The molecule has 0 spiro atoms. The van der Waals surface area contributed by atoms with Crippen molar-refractivity contribution in [2.45, 2.75) is 39.2 Å². The Morgan fingerprint density at radius 1 is 1.19 bits per heavy atom. The molecule has 4 heteroatoms. The summed E-state index contributed by atoms with van der Waals surface area (Å²) >= 11 is 0. The number of nitrogens with two attached hydrogens (primary N) is 1. The van der Waals surface area contributed by atoms with E-state index in [-0.39, 0.29) is 11.8 Å². The largest absolute Gasteiger partial charge is 0.456 e. The summed E-state index contributed by atoms with van der Waals surface area (Å²) in [5.74, 6) is -0.00757. The average molecular weight is 290 g/mol. The van der Waals surface area contributed by atoms with Crippen molar-refractivity contribution in [3.63, 3.8) is 0 Å². The number of Topliss-reactive ketones (excluding diaryl/α,β-unsaturated/α-hetero) is 1. The Bertz CT molecular complexity index is 531. The number of rotatable bonds is 4. The van der Waals surface area contributed by atoms with Crippen LogP contribution in [0.3, 0.4) is 0 Å². The maximum atomic E-state index is 12.3. The van der Waals surface area contributed by atoms with Crippen LogP contribution in [0.5, 0.6) is 0 Å². The molecule has 1 heterocycles. The summed E-state index contributed by atoms with van der Waals surface area (Å²) in [7, 11) is 0. The number of ether oxygens (including phenoxy) is 1. The first-order chi connectivity index (χ1) is 9.90. The zero-order valence-corrected chi connectivity index (χ0v) is 13.0. The lowest BCUT2D eigenvalue weighted by atomic mass is 9.83. The highest BCUT2D eigenvalue weighted by Crippen LogP contribution is 2.28. The smallest absolute Gasteiger partial charge is 0.338 e. The number of hydrogen-bond donors (Lipinski definition) is 1. The molecule has 114 valence electrons. The Morgan fingerprint density at radius 2 is 1.81 bits per heavy atom. The molecule has 1 fully saturated rings. The van der Waals surface area contributed by atoms with Crippen molar-refractivity contribution in [3.05, 3.63) is 35.4 Å². The van der Waals surface area contributed by atoms with Crippen LogP contribution in [-0.2, 0) is 4.74 Å². The minimum Gasteiger partial charge on any atom is -0.456 e. The summed E-state index contributed by atoms with van der Waals surface area (Å²) in [4.78, 5) is 23.7. The number of esters is 1. The maximum Gasteiger partial charge on any atom is 0.338 e. The van der Waals surface area contributed by atoms with Crippen LogP contribution < -0.4 is 5.32 Å². The molecule has 2 N–H and O–H groups in total. The minimum absolute atomic E-state index is 0.0493. The summed E-state index contributed by atoms with van der Waals surface area (Å²) in [6.45, 7) is 7.63. The van der Waals surface area contributed by atoms with Gasteiger partial charge in [-0.3, -0.25) is 4.79 Å². The van der Waals surface area contributed by atoms with Crippen molar-refractivity contribution in [2.24, 2.45) is 5.92 Å². The number of carbonyl (C=O) groups excluding carboxylic acids is 2. The van der Waals surface area contributed by atoms with Crippen molar-refractivity contribution < 1.29 is 19.6 Å². The Labute approximate surface area is 125 Å². The first kappa shape index (κ1) is 15.7. The first-order valence-corrected chi connectivity index (χ1v) is 7.56. The van der Waals surface area contributed by atoms with Gasteiger partial charge in [-0.15, -0.1) is 0 Å². The van der Waals surface area contributed by atoms with Crippen molar-refractivity contribution in [2.75, 3.05) is 13.1 Å². The zero-order chi connectivity index (χ0) is 15.5. The molecular formula is C17H24NO3+. The molecular weight excluding hydrogens is 266 g/mol. The molecule has 1 aliphatic rings. The van der Waals surface area contributed by atoms with Crippen LogP contribution in [0.1, 0.15) is 54.3 Å². The average Bonchev–Trinajstić information content (AvgIpc) is 2.48. The second-order valence-electron chi connectivity index (χ2n) is 6.27. The molecule has 4 nitrogen and oxygen atoms in total. The van der Waals surface area contributed by atoms with Crippen LogP contribution in [0.15, 0.2) is 24.3 Å². The molecule has 0 radical (unpaired) electrons. The molecule has 2 rings (SSSR count). The molecule has 1 aliphatic heterocycles. The number of carbonyl (C=O) groups is 2. The molecule has 0 unspecified atom stereocenters. The van der Waals surface area contributed by atoms with Crippen LogP contribution in [0.4, 0.5) is 0 Å². The van der Waals surface area contributed by atoms with Crippen LogP contribution in [-0.4, -0.2) is 30.4 Å². The lowest BCUT2D eigenvalue weighted by Gasteiger charge is -2.35. The molecule has 0 bridgehead atoms. The van der Waals surface area contributed by atoms with Gasteiger partial charge >= 0.3 is 5.97 Å². The fraction of sp³-hybridized carbons (Fsp3) is 0.529. The number of hydrogen-bond acceptors (Lipinski definition) is 3. The Balaban J connectivity index is 2.09. The predicted molar refractivity (Wildman–Crippen MR) is 80.3 cm³/mol. The van der Waals surface area contributed by atoms with E-state index in [1.54, 1.807) is 24.3 Å². The molecule has 1 saturated heterocycles. The van der Waals surface area contributed by atoms with Gasteiger partial charge in [-0.25, -0.2) is 4.79 Å².